The van der Waals surface area contributed by atoms with E-state index in [9.17, 15) is 14.4 Å². The number of carbonyl (C=O) groups is 3. The standard InChI is InChI=1S/C27H20Cl3IN2O5S/c1-2-37-22-9-15(8-21(31)25(22)38-14-16-6-7-18(29)12-20(16)30)10-23-26(35)33(27(36)39-23)13-24(34)32-19-5-3-4-17(28)11-19/h3-12H,2,13-14H2,1H3,(H,32,34)/b23-10+. The number of benzene rings is 3. The first-order valence-electron chi connectivity index (χ1n) is 11.5. The van der Waals surface area contributed by atoms with Gasteiger partial charge in [0.05, 0.1) is 15.1 Å². The lowest BCUT2D eigenvalue weighted by atomic mass is 10.1. The average Bonchev–Trinajstić information content (AvgIpc) is 3.12. The summed E-state index contributed by atoms with van der Waals surface area (Å²) in [6.45, 7) is 2.01. The second kappa shape index (κ2) is 13.3. The summed E-state index contributed by atoms with van der Waals surface area (Å²) in [6, 6.07) is 15.3. The minimum atomic E-state index is -0.558. The number of rotatable bonds is 9. The predicted molar refractivity (Wildman–Crippen MR) is 164 cm³/mol. The number of carbonyl (C=O) groups excluding carboxylic acids is 3. The molecule has 1 heterocycles. The van der Waals surface area contributed by atoms with Gasteiger partial charge in [-0.25, -0.2) is 0 Å². The molecule has 1 fully saturated rings. The number of halogens is 4. The lowest BCUT2D eigenvalue weighted by Gasteiger charge is -2.15. The van der Waals surface area contributed by atoms with E-state index in [2.05, 4.69) is 27.9 Å². The molecule has 0 radical (unpaired) electrons. The SMILES string of the molecule is CCOc1cc(/C=C2/SC(=O)N(CC(=O)Nc3cccc(Cl)c3)C2=O)cc(I)c1OCc1ccc(Cl)cc1Cl. The highest BCUT2D eigenvalue weighted by Gasteiger charge is 2.36. The Balaban J connectivity index is 1.50. The van der Waals surface area contributed by atoms with Crippen LogP contribution in [-0.4, -0.2) is 35.1 Å². The van der Waals surface area contributed by atoms with E-state index in [-0.39, 0.29) is 11.5 Å². The van der Waals surface area contributed by atoms with Crippen LogP contribution in [0.25, 0.3) is 6.08 Å². The van der Waals surface area contributed by atoms with Crippen LogP contribution < -0.4 is 14.8 Å². The van der Waals surface area contributed by atoms with Gasteiger partial charge in [0.1, 0.15) is 13.2 Å². The minimum absolute atomic E-state index is 0.190. The number of imide groups is 1. The van der Waals surface area contributed by atoms with E-state index >= 15 is 0 Å². The summed E-state index contributed by atoms with van der Waals surface area (Å²) in [4.78, 5) is 39.1. The van der Waals surface area contributed by atoms with E-state index in [1.165, 1.54) is 0 Å². The molecular weight excluding hydrogens is 698 g/mol. The van der Waals surface area contributed by atoms with Gasteiger partial charge in [-0.05, 0) is 95.4 Å². The number of anilines is 1. The third kappa shape index (κ3) is 7.61. The number of amides is 3. The second-order valence-electron chi connectivity index (χ2n) is 8.11. The number of hydrogen-bond donors (Lipinski definition) is 1. The molecule has 0 saturated carbocycles. The highest BCUT2D eigenvalue weighted by molar-refractivity contribution is 14.1. The van der Waals surface area contributed by atoms with E-state index in [4.69, 9.17) is 44.3 Å². The molecule has 0 atom stereocenters. The Labute approximate surface area is 257 Å². The summed E-state index contributed by atoms with van der Waals surface area (Å²) in [5.74, 6) is -0.0829. The zero-order valence-corrected chi connectivity index (χ0v) is 25.5. The Bertz CT molecular complexity index is 1480. The van der Waals surface area contributed by atoms with Gasteiger partial charge in [-0.2, -0.15) is 0 Å². The molecule has 39 heavy (non-hydrogen) atoms. The number of nitrogens with zero attached hydrogens (tertiary/aromatic N) is 1. The fraction of sp³-hybridized carbons (Fsp3) is 0.148. The summed E-state index contributed by atoms with van der Waals surface area (Å²) in [5, 5.41) is 3.57. The van der Waals surface area contributed by atoms with Gasteiger partial charge >= 0.3 is 0 Å². The van der Waals surface area contributed by atoms with Gasteiger partial charge in [0.25, 0.3) is 11.1 Å². The Hall–Kier alpha value is -2.44. The van der Waals surface area contributed by atoms with E-state index in [0.29, 0.717) is 44.4 Å². The van der Waals surface area contributed by atoms with Crippen molar-refractivity contribution in [3.05, 3.63) is 89.3 Å². The molecule has 0 aliphatic carbocycles. The van der Waals surface area contributed by atoms with Crippen molar-refractivity contribution in [3.63, 3.8) is 0 Å². The third-order valence-corrected chi connectivity index (χ3v) is 7.83. The topological polar surface area (TPSA) is 84.9 Å². The fourth-order valence-corrected chi connectivity index (χ4v) is 5.83. The maximum absolute atomic E-state index is 13.0. The summed E-state index contributed by atoms with van der Waals surface area (Å²) in [6.07, 6.45) is 1.59. The molecule has 7 nitrogen and oxygen atoms in total. The van der Waals surface area contributed by atoms with E-state index in [1.54, 1.807) is 54.6 Å². The van der Waals surface area contributed by atoms with Crippen LogP contribution in [0.1, 0.15) is 18.1 Å². The molecule has 4 rings (SSSR count). The molecule has 1 saturated heterocycles. The van der Waals surface area contributed by atoms with Crippen molar-refractivity contribution in [2.45, 2.75) is 13.5 Å². The van der Waals surface area contributed by atoms with Crippen LogP contribution in [0, 0.1) is 3.57 Å². The first-order chi connectivity index (χ1) is 18.6. The second-order valence-corrected chi connectivity index (χ2v) is 11.5. The van der Waals surface area contributed by atoms with Crippen LogP contribution in [0.5, 0.6) is 11.5 Å². The highest BCUT2D eigenvalue weighted by atomic mass is 127. The first-order valence-corrected chi connectivity index (χ1v) is 14.5. The lowest BCUT2D eigenvalue weighted by molar-refractivity contribution is -0.127. The molecule has 3 aromatic carbocycles. The van der Waals surface area contributed by atoms with Crippen LogP contribution in [0.3, 0.4) is 0 Å². The Morgan fingerprint density at radius 2 is 1.82 bits per heavy atom. The number of nitrogens with one attached hydrogen (secondary N) is 1. The number of ether oxygens (including phenoxy) is 2. The summed E-state index contributed by atoms with van der Waals surface area (Å²) in [7, 11) is 0. The molecule has 3 amide bonds. The summed E-state index contributed by atoms with van der Waals surface area (Å²) >= 11 is 21.1. The maximum Gasteiger partial charge on any atom is 0.294 e. The Morgan fingerprint density at radius 3 is 2.54 bits per heavy atom. The monoisotopic (exact) mass is 716 g/mol. The number of hydrogen-bond acceptors (Lipinski definition) is 6. The van der Waals surface area contributed by atoms with Crippen LogP contribution in [-0.2, 0) is 16.2 Å². The van der Waals surface area contributed by atoms with Crippen molar-refractivity contribution in [1.29, 1.82) is 0 Å². The van der Waals surface area contributed by atoms with Crippen molar-refractivity contribution in [1.82, 2.24) is 4.90 Å². The molecule has 1 aliphatic rings. The number of thioether (sulfide) groups is 1. The summed E-state index contributed by atoms with van der Waals surface area (Å²) in [5.41, 5.74) is 1.86. The normalized spacial score (nSPS) is 14.2. The van der Waals surface area contributed by atoms with E-state index in [1.807, 2.05) is 13.0 Å². The van der Waals surface area contributed by atoms with Crippen molar-refractivity contribution in [2.75, 3.05) is 18.5 Å². The van der Waals surface area contributed by atoms with Gasteiger partial charge in [-0.1, -0.05) is 46.9 Å². The quantitative estimate of drug-likeness (QED) is 0.179. The highest BCUT2D eigenvalue weighted by Crippen LogP contribution is 2.38. The summed E-state index contributed by atoms with van der Waals surface area (Å²) < 4.78 is 12.6. The minimum Gasteiger partial charge on any atom is -0.490 e. The van der Waals surface area contributed by atoms with Crippen molar-refractivity contribution < 1.29 is 23.9 Å². The maximum atomic E-state index is 13.0. The van der Waals surface area contributed by atoms with Crippen LogP contribution in [0.4, 0.5) is 10.5 Å². The first kappa shape index (κ1) is 29.5. The largest absolute Gasteiger partial charge is 0.490 e. The zero-order chi connectivity index (χ0) is 28.1. The molecule has 1 N–H and O–H groups in total. The molecule has 1 aliphatic heterocycles. The van der Waals surface area contributed by atoms with Crippen molar-refractivity contribution in [3.8, 4) is 11.5 Å². The smallest absolute Gasteiger partial charge is 0.294 e. The fourth-order valence-electron chi connectivity index (χ4n) is 3.56. The van der Waals surface area contributed by atoms with Crippen LogP contribution in [0.2, 0.25) is 15.1 Å². The molecule has 0 spiro atoms. The molecule has 0 aromatic heterocycles. The average molecular weight is 718 g/mol. The van der Waals surface area contributed by atoms with Gasteiger partial charge in [0.2, 0.25) is 5.91 Å². The van der Waals surface area contributed by atoms with E-state index in [0.717, 1.165) is 25.8 Å². The van der Waals surface area contributed by atoms with Gasteiger partial charge in [0, 0.05) is 26.3 Å². The van der Waals surface area contributed by atoms with Crippen molar-refractivity contribution in [2.24, 2.45) is 0 Å². The van der Waals surface area contributed by atoms with Gasteiger partial charge < -0.3 is 14.8 Å². The van der Waals surface area contributed by atoms with Crippen LogP contribution in [0.15, 0.2) is 59.5 Å². The van der Waals surface area contributed by atoms with E-state index < -0.39 is 23.6 Å². The molecule has 3 aromatic rings. The predicted octanol–water partition coefficient (Wildman–Crippen LogP) is 7.90. The Kier molecular flexibility index (Phi) is 10.1. The molecule has 12 heteroatoms. The third-order valence-electron chi connectivity index (χ3n) is 5.30. The molecule has 0 unspecified atom stereocenters. The van der Waals surface area contributed by atoms with Gasteiger partial charge in [-0.3, -0.25) is 19.3 Å². The van der Waals surface area contributed by atoms with Crippen molar-refractivity contribution >= 4 is 98.0 Å². The Morgan fingerprint density at radius 1 is 1.05 bits per heavy atom. The lowest BCUT2D eigenvalue weighted by Crippen LogP contribution is -2.36. The van der Waals surface area contributed by atoms with Crippen LogP contribution >= 0.6 is 69.2 Å². The molecule has 202 valence electrons. The van der Waals surface area contributed by atoms with Gasteiger partial charge in [0.15, 0.2) is 11.5 Å². The zero-order valence-electron chi connectivity index (χ0n) is 20.3. The van der Waals surface area contributed by atoms with Gasteiger partial charge in [-0.15, -0.1) is 0 Å². The molecule has 0 bridgehead atoms. The molecular formula is C27H20Cl3IN2O5S.